The molecular weight excluding hydrogens is 500 g/mol. The second kappa shape index (κ2) is 14.6. The fourth-order valence-electron chi connectivity index (χ4n) is 4.34. The highest BCUT2D eigenvalue weighted by Gasteiger charge is 2.50. The van der Waals surface area contributed by atoms with E-state index in [0.29, 0.717) is 0 Å². The number of hydrogen-bond donors (Lipinski definition) is 0. The largest absolute Gasteiger partial charge is 0.463 e. The van der Waals surface area contributed by atoms with E-state index in [9.17, 15) is 9.59 Å². The summed E-state index contributed by atoms with van der Waals surface area (Å²) in [5.74, 6) is -1.00. The summed E-state index contributed by atoms with van der Waals surface area (Å²) in [6.45, 7) is 3.27. The zero-order chi connectivity index (χ0) is 27.5. The molecule has 3 unspecified atom stereocenters. The topological polar surface area (TPSA) is 89.5 Å². The van der Waals surface area contributed by atoms with Crippen LogP contribution in [0, 0.1) is 0 Å². The molecule has 1 fully saturated rings. The van der Waals surface area contributed by atoms with Crippen molar-refractivity contribution >= 4 is 11.9 Å². The molecule has 5 atom stereocenters. The van der Waals surface area contributed by atoms with Crippen molar-refractivity contribution in [2.45, 2.75) is 64.4 Å². The number of benzene rings is 3. The third-order valence-electron chi connectivity index (χ3n) is 6.18. The normalized spacial score (nSPS) is 22.7. The second-order valence-corrected chi connectivity index (χ2v) is 9.24. The predicted octanol–water partition coefficient (Wildman–Crippen LogP) is 4.59. The molecule has 0 spiro atoms. The molecule has 0 bridgehead atoms. The Morgan fingerprint density at radius 2 is 1.05 bits per heavy atom. The molecule has 0 aromatic heterocycles. The van der Waals surface area contributed by atoms with Crippen molar-refractivity contribution in [2.24, 2.45) is 0 Å². The zero-order valence-electron chi connectivity index (χ0n) is 22.1. The lowest BCUT2D eigenvalue weighted by Gasteiger charge is -2.45. The third-order valence-corrected chi connectivity index (χ3v) is 6.18. The number of carbonyl (C=O) groups excluding carboxylic acids is 2. The molecule has 1 aliphatic rings. The van der Waals surface area contributed by atoms with E-state index in [1.165, 1.54) is 13.8 Å². The van der Waals surface area contributed by atoms with E-state index in [1.54, 1.807) is 0 Å². The van der Waals surface area contributed by atoms with Crippen LogP contribution in [0.4, 0.5) is 0 Å². The van der Waals surface area contributed by atoms with E-state index in [-0.39, 0.29) is 26.4 Å². The molecule has 0 aliphatic carbocycles. The highest BCUT2D eigenvalue weighted by Crippen LogP contribution is 2.31. The van der Waals surface area contributed by atoms with Crippen LogP contribution in [0.25, 0.3) is 0 Å². The molecule has 8 heteroatoms. The quantitative estimate of drug-likeness (QED) is 0.312. The van der Waals surface area contributed by atoms with Gasteiger partial charge in [0.15, 0.2) is 0 Å². The predicted molar refractivity (Wildman–Crippen MR) is 142 cm³/mol. The molecule has 0 radical (unpaired) electrons. The van der Waals surface area contributed by atoms with Crippen molar-refractivity contribution < 1.29 is 38.0 Å². The average Bonchev–Trinajstić information content (AvgIpc) is 2.95. The minimum Gasteiger partial charge on any atom is -0.463 e. The van der Waals surface area contributed by atoms with Gasteiger partial charge in [0.2, 0.25) is 6.29 Å². The van der Waals surface area contributed by atoms with Crippen LogP contribution in [0.2, 0.25) is 0 Å². The smallest absolute Gasteiger partial charge is 0.305 e. The van der Waals surface area contributed by atoms with Gasteiger partial charge in [-0.25, -0.2) is 0 Å². The molecule has 1 heterocycles. The van der Waals surface area contributed by atoms with Crippen LogP contribution in [0.5, 0.6) is 0 Å². The van der Waals surface area contributed by atoms with Gasteiger partial charge in [-0.15, -0.1) is 0 Å². The molecule has 0 saturated carbocycles. The molecule has 0 N–H and O–H groups in total. The Morgan fingerprint density at radius 1 is 0.615 bits per heavy atom. The Balaban J connectivity index is 1.64. The monoisotopic (exact) mass is 534 g/mol. The summed E-state index contributed by atoms with van der Waals surface area (Å²) in [5, 5.41) is 0. The fraction of sp³-hybridized carbons (Fsp3) is 0.355. The molecule has 4 rings (SSSR count). The van der Waals surface area contributed by atoms with Crippen LogP contribution in [0.1, 0.15) is 30.5 Å². The van der Waals surface area contributed by atoms with Crippen LogP contribution in [0.15, 0.2) is 91.0 Å². The van der Waals surface area contributed by atoms with Crippen LogP contribution < -0.4 is 0 Å². The number of hydrogen-bond acceptors (Lipinski definition) is 8. The van der Waals surface area contributed by atoms with Gasteiger partial charge < -0.3 is 28.4 Å². The van der Waals surface area contributed by atoms with Crippen molar-refractivity contribution in [3.8, 4) is 0 Å². The molecule has 39 heavy (non-hydrogen) atoms. The van der Waals surface area contributed by atoms with Gasteiger partial charge >= 0.3 is 11.9 Å². The maximum absolute atomic E-state index is 12.1. The van der Waals surface area contributed by atoms with Gasteiger partial charge in [-0.1, -0.05) is 91.0 Å². The molecule has 8 nitrogen and oxygen atoms in total. The summed E-state index contributed by atoms with van der Waals surface area (Å²) < 4.78 is 36.2. The maximum Gasteiger partial charge on any atom is 0.305 e. The summed E-state index contributed by atoms with van der Waals surface area (Å²) in [6, 6.07) is 29.1. The van der Waals surface area contributed by atoms with Crippen molar-refractivity contribution in [1.29, 1.82) is 0 Å². The second-order valence-electron chi connectivity index (χ2n) is 9.24. The van der Waals surface area contributed by atoms with Gasteiger partial charge in [0.05, 0.1) is 19.8 Å². The van der Waals surface area contributed by atoms with Gasteiger partial charge in [0.1, 0.15) is 31.0 Å². The van der Waals surface area contributed by atoms with E-state index < -0.39 is 42.6 Å². The molecule has 3 aromatic carbocycles. The molecule has 0 amide bonds. The minimum absolute atomic E-state index is 0.108. The number of carbonyl (C=O) groups is 2. The highest BCUT2D eigenvalue weighted by atomic mass is 16.7. The summed E-state index contributed by atoms with van der Waals surface area (Å²) in [7, 11) is 0. The van der Waals surface area contributed by atoms with Crippen molar-refractivity contribution in [3.05, 3.63) is 108 Å². The Kier molecular flexibility index (Phi) is 10.6. The summed E-state index contributed by atoms with van der Waals surface area (Å²) in [6.07, 6.45) is -4.15. The lowest BCUT2D eigenvalue weighted by Crippen LogP contribution is -2.62. The average molecular weight is 535 g/mol. The zero-order valence-corrected chi connectivity index (χ0v) is 22.1. The van der Waals surface area contributed by atoms with Crippen LogP contribution >= 0.6 is 0 Å². The van der Waals surface area contributed by atoms with E-state index in [4.69, 9.17) is 28.4 Å². The lowest BCUT2D eigenvalue weighted by molar-refractivity contribution is -0.318. The lowest BCUT2D eigenvalue weighted by atomic mass is 9.97. The SMILES string of the molecule is CC(=O)OCC1OC(OC(C)=O)C(OCc2ccccc2)[C@@H](OCc2ccccc2)[C@H]1OCc1ccccc1. The van der Waals surface area contributed by atoms with Crippen LogP contribution in [0.3, 0.4) is 0 Å². The van der Waals surface area contributed by atoms with Crippen LogP contribution in [-0.2, 0) is 57.8 Å². The van der Waals surface area contributed by atoms with Crippen molar-refractivity contribution in [2.75, 3.05) is 6.61 Å². The Labute approximate surface area is 228 Å². The molecule has 3 aromatic rings. The summed E-state index contributed by atoms with van der Waals surface area (Å²) >= 11 is 0. The van der Waals surface area contributed by atoms with Gasteiger partial charge in [0.25, 0.3) is 0 Å². The number of rotatable bonds is 12. The van der Waals surface area contributed by atoms with E-state index in [2.05, 4.69) is 0 Å². The number of ether oxygens (including phenoxy) is 6. The Hall–Kier alpha value is -3.56. The van der Waals surface area contributed by atoms with Gasteiger partial charge in [-0.05, 0) is 16.7 Å². The molecule has 1 aliphatic heterocycles. The Morgan fingerprint density at radius 3 is 1.49 bits per heavy atom. The molecule has 1 saturated heterocycles. The maximum atomic E-state index is 12.1. The first-order valence-corrected chi connectivity index (χ1v) is 12.9. The Bertz CT molecular complexity index is 1150. The molecular formula is C31H34O8. The van der Waals surface area contributed by atoms with Gasteiger partial charge in [-0.3, -0.25) is 9.59 Å². The van der Waals surface area contributed by atoms with Gasteiger partial charge in [0, 0.05) is 13.8 Å². The summed E-state index contributed by atoms with van der Waals surface area (Å²) in [5.41, 5.74) is 2.84. The molecule has 206 valence electrons. The first-order chi connectivity index (χ1) is 19.0. The first-order valence-electron chi connectivity index (χ1n) is 12.9. The van der Waals surface area contributed by atoms with Crippen molar-refractivity contribution in [1.82, 2.24) is 0 Å². The first kappa shape index (κ1) is 28.4. The summed E-state index contributed by atoms with van der Waals surface area (Å²) in [4.78, 5) is 23.8. The fourth-order valence-corrected chi connectivity index (χ4v) is 4.34. The third kappa shape index (κ3) is 8.73. The highest BCUT2D eigenvalue weighted by molar-refractivity contribution is 5.66. The van der Waals surface area contributed by atoms with Gasteiger partial charge in [-0.2, -0.15) is 0 Å². The number of esters is 2. The van der Waals surface area contributed by atoms with E-state index in [1.807, 2.05) is 91.0 Å². The van der Waals surface area contributed by atoms with Crippen LogP contribution in [-0.4, -0.2) is 49.3 Å². The van der Waals surface area contributed by atoms with E-state index in [0.717, 1.165) is 16.7 Å². The van der Waals surface area contributed by atoms with Crippen molar-refractivity contribution in [3.63, 3.8) is 0 Å². The van der Waals surface area contributed by atoms with E-state index >= 15 is 0 Å². The standard InChI is InChI=1S/C31H34O8/c1-22(32)34-21-27-28(35-18-24-12-6-3-7-13-24)29(36-19-25-14-8-4-9-15-25)30(31(39-27)38-23(2)33)37-20-26-16-10-5-11-17-26/h3-17,27-31H,18-21H2,1-2H3/t27?,28-,29-,30?,31?/m0/s1. The minimum atomic E-state index is -1.11.